The first-order chi connectivity index (χ1) is 13.5. The van der Waals surface area contributed by atoms with Crippen molar-refractivity contribution in [3.63, 3.8) is 0 Å². The molecule has 1 aliphatic heterocycles. The number of carbonyl (C=O) groups excluding carboxylic acids is 1. The number of methoxy groups -OCH3 is 1. The van der Waals surface area contributed by atoms with Crippen LogP contribution in [0, 0.1) is 6.92 Å². The molecule has 0 bridgehead atoms. The maximum absolute atomic E-state index is 12.9. The fourth-order valence-electron chi connectivity index (χ4n) is 3.75. The fourth-order valence-corrected chi connectivity index (χ4v) is 4.74. The zero-order valence-corrected chi connectivity index (χ0v) is 17.9. The molecule has 146 valence electrons. The number of benzene rings is 1. The van der Waals surface area contributed by atoms with E-state index in [9.17, 15) is 4.79 Å². The summed E-state index contributed by atoms with van der Waals surface area (Å²) in [6, 6.07) is 6.10. The van der Waals surface area contributed by atoms with Crippen molar-refractivity contribution in [2.75, 3.05) is 20.2 Å². The van der Waals surface area contributed by atoms with Crippen LogP contribution >= 0.6 is 34.7 Å². The van der Waals surface area contributed by atoms with Crippen LogP contribution in [-0.4, -0.2) is 40.4 Å². The molecule has 1 aromatic carbocycles. The Bertz CT molecular complexity index is 1050. The molecule has 8 heteroatoms. The van der Waals surface area contributed by atoms with Gasteiger partial charge in [-0.1, -0.05) is 23.2 Å². The second kappa shape index (κ2) is 7.85. The van der Waals surface area contributed by atoms with Gasteiger partial charge in [0, 0.05) is 36.3 Å². The van der Waals surface area contributed by atoms with E-state index in [1.165, 1.54) is 0 Å². The number of aromatic nitrogens is 2. The first kappa shape index (κ1) is 19.4. The van der Waals surface area contributed by atoms with E-state index >= 15 is 0 Å². The number of halogens is 2. The number of hydrogen-bond donors (Lipinski definition) is 0. The van der Waals surface area contributed by atoms with Crippen LogP contribution in [0.15, 0.2) is 24.4 Å². The number of carbonyl (C=O) groups is 1. The van der Waals surface area contributed by atoms with Crippen molar-refractivity contribution in [3.05, 3.63) is 50.7 Å². The minimum atomic E-state index is -0.170. The van der Waals surface area contributed by atoms with Crippen LogP contribution in [0.1, 0.15) is 40.5 Å². The molecule has 28 heavy (non-hydrogen) atoms. The average molecular weight is 436 g/mol. The molecule has 1 fully saturated rings. The molecule has 0 aliphatic carbocycles. The van der Waals surface area contributed by atoms with Gasteiger partial charge in [0.1, 0.15) is 15.1 Å². The highest BCUT2D eigenvalue weighted by Crippen LogP contribution is 2.34. The molecular weight excluding hydrogens is 417 g/mol. The average Bonchev–Trinajstić information content (AvgIpc) is 3.06. The third-order valence-corrected chi connectivity index (χ3v) is 6.90. The molecule has 0 N–H and O–H groups in total. The summed E-state index contributed by atoms with van der Waals surface area (Å²) in [7, 11) is 1.68. The number of amides is 1. The van der Waals surface area contributed by atoms with Gasteiger partial charge in [0.2, 0.25) is 0 Å². The Balaban J connectivity index is 1.61. The normalized spacial score (nSPS) is 17.1. The molecule has 1 aliphatic rings. The number of piperidine rings is 1. The van der Waals surface area contributed by atoms with E-state index in [0.717, 1.165) is 52.2 Å². The lowest BCUT2D eigenvalue weighted by Crippen LogP contribution is -2.39. The minimum absolute atomic E-state index is 0.167. The molecule has 0 spiro atoms. The van der Waals surface area contributed by atoms with Crippen molar-refractivity contribution in [1.29, 1.82) is 0 Å². The van der Waals surface area contributed by atoms with Crippen molar-refractivity contribution in [1.82, 2.24) is 14.3 Å². The zero-order chi connectivity index (χ0) is 19.8. The first-order valence-electron chi connectivity index (χ1n) is 9.02. The van der Waals surface area contributed by atoms with Crippen molar-refractivity contribution >= 4 is 51.4 Å². The standard InChI is InChI=1S/C20H19Cl2N3O2S/c1-11-14-8-15(23-9-12(14)5-6-16(11)27-2)13-4-3-7-25(10-13)20(26)18-17(21)19(22)28-24-18/h5-6,8-9,13H,3-4,7,10H2,1-2H3. The Kier molecular flexibility index (Phi) is 5.45. The van der Waals surface area contributed by atoms with E-state index in [4.69, 9.17) is 27.9 Å². The van der Waals surface area contributed by atoms with Gasteiger partial charge in [0.25, 0.3) is 5.91 Å². The monoisotopic (exact) mass is 435 g/mol. The second-order valence-electron chi connectivity index (χ2n) is 6.93. The SMILES string of the molecule is COc1ccc2cnc(C3CCCN(C(=O)c4nsc(Cl)c4Cl)C3)cc2c1C. The van der Waals surface area contributed by atoms with Gasteiger partial charge in [-0.2, -0.15) is 4.37 Å². The number of nitrogens with zero attached hydrogens (tertiary/aromatic N) is 3. The Morgan fingerprint density at radius 3 is 2.89 bits per heavy atom. The number of hydrogen-bond acceptors (Lipinski definition) is 5. The molecule has 1 saturated heterocycles. The molecule has 0 saturated carbocycles. The maximum Gasteiger partial charge on any atom is 0.275 e. The summed E-state index contributed by atoms with van der Waals surface area (Å²) < 4.78 is 9.91. The smallest absolute Gasteiger partial charge is 0.275 e. The Hall–Kier alpha value is -1.89. The Morgan fingerprint density at radius 1 is 1.36 bits per heavy atom. The van der Waals surface area contributed by atoms with Gasteiger partial charge in [0.15, 0.2) is 5.69 Å². The molecular formula is C20H19Cl2N3O2S. The van der Waals surface area contributed by atoms with Crippen molar-refractivity contribution in [3.8, 4) is 5.75 Å². The maximum atomic E-state index is 12.9. The van der Waals surface area contributed by atoms with Gasteiger partial charge in [-0.25, -0.2) is 0 Å². The number of aryl methyl sites for hydroxylation is 1. The van der Waals surface area contributed by atoms with Crippen molar-refractivity contribution in [2.24, 2.45) is 0 Å². The Labute approximate surface area is 177 Å². The van der Waals surface area contributed by atoms with E-state index < -0.39 is 0 Å². The number of ether oxygens (including phenoxy) is 1. The predicted molar refractivity (Wildman–Crippen MR) is 113 cm³/mol. The predicted octanol–water partition coefficient (Wildman–Crippen LogP) is 5.33. The van der Waals surface area contributed by atoms with E-state index in [2.05, 4.69) is 22.3 Å². The zero-order valence-electron chi connectivity index (χ0n) is 15.5. The Morgan fingerprint density at radius 2 is 2.18 bits per heavy atom. The topological polar surface area (TPSA) is 55.3 Å². The number of likely N-dealkylation sites (tertiary alicyclic amines) is 1. The summed E-state index contributed by atoms with van der Waals surface area (Å²) in [5.74, 6) is 0.859. The lowest BCUT2D eigenvalue weighted by molar-refractivity contribution is 0.0701. The minimum Gasteiger partial charge on any atom is -0.496 e. The molecule has 5 nitrogen and oxygen atoms in total. The van der Waals surface area contributed by atoms with Crippen LogP contribution in [-0.2, 0) is 0 Å². The van der Waals surface area contributed by atoms with Gasteiger partial charge in [-0.15, -0.1) is 0 Å². The summed E-state index contributed by atoms with van der Waals surface area (Å²) in [4.78, 5) is 19.3. The highest BCUT2D eigenvalue weighted by molar-refractivity contribution is 7.11. The molecule has 1 amide bonds. The summed E-state index contributed by atoms with van der Waals surface area (Å²) in [6.07, 6.45) is 3.79. The van der Waals surface area contributed by atoms with Gasteiger partial charge >= 0.3 is 0 Å². The molecule has 2 aromatic heterocycles. The van der Waals surface area contributed by atoms with Crippen LogP contribution in [0.25, 0.3) is 10.8 Å². The lowest BCUT2D eigenvalue weighted by atomic mass is 9.92. The third-order valence-electron chi connectivity index (χ3n) is 5.29. The van der Waals surface area contributed by atoms with E-state index in [-0.39, 0.29) is 22.5 Å². The largest absolute Gasteiger partial charge is 0.496 e. The molecule has 3 aromatic rings. The van der Waals surface area contributed by atoms with Gasteiger partial charge in [-0.3, -0.25) is 9.78 Å². The molecule has 1 atom stereocenters. The van der Waals surface area contributed by atoms with Crippen LogP contribution in [0.2, 0.25) is 9.36 Å². The summed E-state index contributed by atoms with van der Waals surface area (Å²) in [5.41, 5.74) is 2.32. The van der Waals surface area contributed by atoms with Crippen molar-refractivity contribution in [2.45, 2.75) is 25.7 Å². The van der Waals surface area contributed by atoms with E-state index in [0.29, 0.717) is 17.4 Å². The molecule has 1 unspecified atom stereocenters. The second-order valence-corrected chi connectivity index (χ2v) is 8.69. The first-order valence-corrected chi connectivity index (χ1v) is 10.6. The van der Waals surface area contributed by atoms with Gasteiger partial charge in [-0.05, 0) is 60.4 Å². The molecule has 3 heterocycles. The van der Waals surface area contributed by atoms with Crippen LogP contribution in [0.3, 0.4) is 0 Å². The number of fused-ring (bicyclic) bond motifs is 1. The highest BCUT2D eigenvalue weighted by Gasteiger charge is 2.29. The lowest BCUT2D eigenvalue weighted by Gasteiger charge is -2.32. The highest BCUT2D eigenvalue weighted by atomic mass is 35.5. The molecule has 0 radical (unpaired) electrons. The van der Waals surface area contributed by atoms with E-state index in [1.54, 1.807) is 12.0 Å². The summed E-state index contributed by atoms with van der Waals surface area (Å²) in [6.45, 7) is 3.32. The van der Waals surface area contributed by atoms with E-state index in [1.807, 2.05) is 18.3 Å². The van der Waals surface area contributed by atoms with Crippen LogP contribution < -0.4 is 4.74 Å². The summed E-state index contributed by atoms with van der Waals surface area (Å²) >= 11 is 13.1. The van der Waals surface area contributed by atoms with Gasteiger partial charge < -0.3 is 9.64 Å². The van der Waals surface area contributed by atoms with Gasteiger partial charge in [0.05, 0.1) is 7.11 Å². The number of pyridine rings is 1. The third kappa shape index (κ3) is 3.45. The van der Waals surface area contributed by atoms with Crippen LogP contribution in [0.4, 0.5) is 0 Å². The van der Waals surface area contributed by atoms with Crippen molar-refractivity contribution < 1.29 is 9.53 Å². The molecule has 4 rings (SSSR count). The quantitative estimate of drug-likeness (QED) is 0.557. The van der Waals surface area contributed by atoms with Crippen LogP contribution in [0.5, 0.6) is 5.75 Å². The number of rotatable bonds is 3. The summed E-state index contributed by atoms with van der Waals surface area (Å²) in [5, 5.41) is 2.45. The fraction of sp³-hybridized carbons (Fsp3) is 0.350.